The van der Waals surface area contributed by atoms with E-state index >= 15 is 4.39 Å². The molecule has 0 unspecified atom stereocenters. The van der Waals surface area contributed by atoms with Crippen LogP contribution in [0.25, 0.3) is 22.3 Å². The zero-order valence-corrected chi connectivity index (χ0v) is 24.5. The highest BCUT2D eigenvalue weighted by Gasteiger charge is 2.25. The van der Waals surface area contributed by atoms with Crippen molar-refractivity contribution in [2.75, 3.05) is 47.8 Å². The van der Waals surface area contributed by atoms with Gasteiger partial charge in [-0.1, -0.05) is 36.4 Å². The number of halogens is 2. The van der Waals surface area contributed by atoms with Crippen LogP contribution in [0.15, 0.2) is 60.8 Å². The van der Waals surface area contributed by atoms with Gasteiger partial charge in [-0.25, -0.2) is 32.2 Å². The van der Waals surface area contributed by atoms with E-state index in [2.05, 4.69) is 30.3 Å². The molecule has 2 saturated heterocycles. The van der Waals surface area contributed by atoms with Gasteiger partial charge in [0.05, 0.1) is 48.7 Å². The minimum Gasteiger partial charge on any atom is -0.379 e. The summed E-state index contributed by atoms with van der Waals surface area (Å²) in [5, 5.41) is 6.20. The molecular formula is C30H31F2N7O4S. The maximum atomic E-state index is 15.3. The summed E-state index contributed by atoms with van der Waals surface area (Å²) in [6, 6.07) is 14.1. The lowest BCUT2D eigenvalue weighted by molar-refractivity contribution is -0.118. The van der Waals surface area contributed by atoms with Crippen molar-refractivity contribution in [3.8, 4) is 11.3 Å². The number of rotatable bonds is 8. The van der Waals surface area contributed by atoms with Gasteiger partial charge in [-0.05, 0) is 23.8 Å². The maximum Gasteiger partial charge on any atom is 0.237 e. The molecule has 0 saturated carbocycles. The Balaban J connectivity index is 1.33. The third kappa shape index (κ3) is 6.93. The number of fused-ring (bicyclic) bond motifs is 1. The van der Waals surface area contributed by atoms with Crippen LogP contribution in [0, 0.1) is 5.82 Å². The van der Waals surface area contributed by atoms with Crippen molar-refractivity contribution in [2.45, 2.75) is 30.8 Å². The summed E-state index contributed by atoms with van der Waals surface area (Å²) >= 11 is 0. The maximum absolute atomic E-state index is 15.3. The number of pyridine rings is 1. The van der Waals surface area contributed by atoms with Crippen molar-refractivity contribution in [1.29, 1.82) is 0 Å². The van der Waals surface area contributed by atoms with Crippen LogP contribution in [0.3, 0.4) is 0 Å². The molecule has 4 heterocycles. The molecule has 3 N–H and O–H groups in total. The van der Waals surface area contributed by atoms with Crippen LogP contribution < -0.4 is 20.3 Å². The van der Waals surface area contributed by atoms with E-state index in [0.29, 0.717) is 66.3 Å². The van der Waals surface area contributed by atoms with Crippen molar-refractivity contribution < 1.29 is 26.7 Å². The Labute approximate surface area is 253 Å². The predicted molar refractivity (Wildman–Crippen MR) is 163 cm³/mol. The normalized spacial score (nSPS) is 19.5. The third-order valence-corrected chi connectivity index (χ3v) is 8.64. The fourth-order valence-corrected chi connectivity index (χ4v) is 6.50. The van der Waals surface area contributed by atoms with E-state index in [9.17, 15) is 17.6 Å². The van der Waals surface area contributed by atoms with Gasteiger partial charge in [0.25, 0.3) is 0 Å². The van der Waals surface area contributed by atoms with E-state index in [1.165, 1.54) is 18.3 Å². The SMILES string of the molecule is O=C1CCOCCN1c1cc(-c2ccc(NS(=O)(=O)Cc3ccccc3)c(F)c2)nc2cnc(N[C@@H]3CNC[C@@H](F)C3)nc12. The number of anilines is 3. The average molecular weight is 624 g/mol. The highest BCUT2D eigenvalue weighted by atomic mass is 32.2. The van der Waals surface area contributed by atoms with Crippen molar-refractivity contribution >= 4 is 44.3 Å². The molecule has 2 aliphatic heterocycles. The minimum atomic E-state index is -3.87. The number of aromatic nitrogens is 3. The van der Waals surface area contributed by atoms with Gasteiger partial charge >= 0.3 is 0 Å². The molecular weight excluding hydrogens is 592 g/mol. The van der Waals surface area contributed by atoms with Crippen molar-refractivity contribution in [1.82, 2.24) is 20.3 Å². The van der Waals surface area contributed by atoms with E-state index in [-0.39, 0.29) is 42.3 Å². The number of piperidine rings is 1. The number of hydrogen-bond acceptors (Lipinski definition) is 9. The number of hydrogen-bond donors (Lipinski definition) is 3. The van der Waals surface area contributed by atoms with Gasteiger partial charge < -0.3 is 20.3 Å². The van der Waals surface area contributed by atoms with Gasteiger partial charge in [-0.3, -0.25) is 9.52 Å². The quantitative estimate of drug-likeness (QED) is 0.269. The number of benzene rings is 2. The fourth-order valence-electron chi connectivity index (χ4n) is 5.30. The van der Waals surface area contributed by atoms with Crippen LogP contribution in [0.5, 0.6) is 0 Å². The van der Waals surface area contributed by atoms with Gasteiger partial charge in [-0.2, -0.15) is 0 Å². The van der Waals surface area contributed by atoms with Gasteiger partial charge in [0.2, 0.25) is 21.9 Å². The van der Waals surface area contributed by atoms with E-state index in [1.54, 1.807) is 47.4 Å². The molecule has 2 aliphatic rings. The molecule has 11 nitrogen and oxygen atoms in total. The second kappa shape index (κ2) is 12.8. The molecule has 0 radical (unpaired) electrons. The smallest absolute Gasteiger partial charge is 0.237 e. The number of ether oxygens (including phenoxy) is 1. The van der Waals surface area contributed by atoms with Crippen LogP contribution in [0.2, 0.25) is 0 Å². The summed E-state index contributed by atoms with van der Waals surface area (Å²) in [6.45, 7) is 1.74. The first-order chi connectivity index (χ1) is 21.2. The van der Waals surface area contributed by atoms with Crippen LogP contribution >= 0.6 is 0 Å². The molecule has 44 heavy (non-hydrogen) atoms. The Morgan fingerprint density at radius 1 is 1.07 bits per heavy atom. The molecule has 0 aliphatic carbocycles. The minimum absolute atomic E-state index is 0.167. The lowest BCUT2D eigenvalue weighted by Gasteiger charge is -2.26. The Morgan fingerprint density at radius 2 is 1.91 bits per heavy atom. The van der Waals surface area contributed by atoms with Crippen LogP contribution in [-0.2, 0) is 25.3 Å². The Morgan fingerprint density at radius 3 is 2.70 bits per heavy atom. The van der Waals surface area contributed by atoms with Crippen LogP contribution in [-0.4, -0.2) is 74.3 Å². The molecule has 2 atom stereocenters. The standard InChI is InChI=1S/C30H31F2N7O4S/c31-21-13-22(16-33-15-21)35-30-34-17-26-29(37-30)27(39-9-11-43-10-8-28(39)40)14-25(36-26)20-6-7-24(23(32)12-20)38-44(41,42)18-19-4-2-1-3-5-19/h1-7,12,14,17,21-22,33,38H,8-11,13,15-16,18H2,(H,34,35,37)/t21-,22-/m0/s1. The van der Waals surface area contributed by atoms with Gasteiger partial charge in [-0.15, -0.1) is 0 Å². The zero-order valence-electron chi connectivity index (χ0n) is 23.7. The predicted octanol–water partition coefficient (Wildman–Crippen LogP) is 3.64. The third-order valence-electron chi connectivity index (χ3n) is 7.40. The van der Waals surface area contributed by atoms with E-state index in [1.807, 2.05) is 0 Å². The molecule has 2 aromatic heterocycles. The fraction of sp³-hybridized carbons (Fsp3) is 0.333. The van der Waals surface area contributed by atoms with Crippen LogP contribution in [0.1, 0.15) is 18.4 Å². The van der Waals surface area contributed by atoms with Crippen molar-refractivity contribution in [3.63, 3.8) is 0 Å². The zero-order chi connectivity index (χ0) is 30.7. The van der Waals surface area contributed by atoms with E-state index in [0.717, 1.165) is 0 Å². The molecule has 1 amide bonds. The topological polar surface area (TPSA) is 138 Å². The Kier molecular flexibility index (Phi) is 8.64. The molecule has 6 rings (SSSR count). The number of amides is 1. The van der Waals surface area contributed by atoms with E-state index < -0.39 is 22.0 Å². The van der Waals surface area contributed by atoms with Crippen molar-refractivity contribution in [3.05, 3.63) is 72.2 Å². The summed E-state index contributed by atoms with van der Waals surface area (Å²) in [7, 11) is -3.87. The average Bonchev–Trinajstić information content (AvgIpc) is 3.22. The second-order valence-corrected chi connectivity index (χ2v) is 12.5. The lowest BCUT2D eigenvalue weighted by atomic mass is 10.1. The molecule has 0 bridgehead atoms. The van der Waals surface area contributed by atoms with Gasteiger partial charge in [0.1, 0.15) is 23.0 Å². The second-order valence-electron chi connectivity index (χ2n) is 10.7. The Bertz CT molecular complexity index is 1780. The molecule has 4 aromatic rings. The van der Waals surface area contributed by atoms with E-state index in [4.69, 9.17) is 4.74 Å². The summed E-state index contributed by atoms with van der Waals surface area (Å²) in [5.74, 6) is -0.989. The first-order valence-corrected chi connectivity index (χ1v) is 15.9. The first-order valence-electron chi connectivity index (χ1n) is 14.3. The molecule has 2 fully saturated rings. The number of nitrogens with zero attached hydrogens (tertiary/aromatic N) is 4. The Hall–Kier alpha value is -4.27. The number of alkyl halides is 1. The molecule has 230 valence electrons. The first kappa shape index (κ1) is 29.8. The number of nitrogens with one attached hydrogen (secondary N) is 3. The monoisotopic (exact) mass is 623 g/mol. The van der Waals surface area contributed by atoms with Crippen molar-refractivity contribution in [2.24, 2.45) is 0 Å². The van der Waals surface area contributed by atoms with Gasteiger partial charge in [0.15, 0.2) is 0 Å². The summed E-state index contributed by atoms with van der Waals surface area (Å²) in [5.41, 5.74) is 2.28. The largest absolute Gasteiger partial charge is 0.379 e. The number of carbonyl (C=O) groups excluding carboxylic acids is 1. The number of carbonyl (C=O) groups is 1. The van der Waals surface area contributed by atoms with Crippen LogP contribution in [0.4, 0.5) is 26.1 Å². The molecule has 14 heteroatoms. The highest BCUT2D eigenvalue weighted by molar-refractivity contribution is 7.91. The summed E-state index contributed by atoms with van der Waals surface area (Å²) in [4.78, 5) is 28.4. The lowest BCUT2D eigenvalue weighted by Crippen LogP contribution is -2.44. The van der Waals surface area contributed by atoms with Gasteiger partial charge in [0, 0.05) is 37.7 Å². The molecule has 2 aromatic carbocycles. The number of sulfonamides is 1. The summed E-state index contributed by atoms with van der Waals surface area (Å²) in [6.07, 6.45) is 1.00. The molecule has 0 spiro atoms. The summed E-state index contributed by atoms with van der Waals surface area (Å²) < 4.78 is 62.4. The highest BCUT2D eigenvalue weighted by Crippen LogP contribution is 2.33.